The number of carbonyl (C=O) groups excluding carboxylic acids is 1. The number of para-hydroxylation sites is 1. The van der Waals surface area contributed by atoms with Crippen molar-refractivity contribution in [3.05, 3.63) is 59.7 Å². The van der Waals surface area contributed by atoms with Crippen LogP contribution in [0, 0.1) is 11.8 Å². The molecule has 0 aromatic heterocycles. The molecule has 0 heterocycles. The van der Waals surface area contributed by atoms with Crippen molar-refractivity contribution in [3.8, 4) is 5.75 Å². The fourth-order valence-electron chi connectivity index (χ4n) is 4.45. The second-order valence-corrected chi connectivity index (χ2v) is 8.51. The van der Waals surface area contributed by atoms with Crippen molar-refractivity contribution in [2.75, 3.05) is 25.0 Å². The molecule has 1 saturated carbocycles. The van der Waals surface area contributed by atoms with Crippen LogP contribution in [0.4, 0.5) is 5.69 Å². The Morgan fingerprint density at radius 2 is 1.97 bits per heavy atom. The third-order valence-electron chi connectivity index (χ3n) is 6.32. The number of benzene rings is 2. The summed E-state index contributed by atoms with van der Waals surface area (Å²) >= 11 is 0. The Balaban J connectivity index is 1.48. The van der Waals surface area contributed by atoms with E-state index in [-0.39, 0.29) is 11.3 Å². The van der Waals surface area contributed by atoms with Gasteiger partial charge in [0.2, 0.25) is 0 Å². The normalized spacial score (nSPS) is 20.6. The number of hydrogen-bond donors (Lipinski definition) is 4. The molecule has 0 saturated heterocycles. The van der Waals surface area contributed by atoms with Gasteiger partial charge in [0.1, 0.15) is 5.75 Å². The monoisotopic (exact) mass is 411 g/mol. The number of nitrogens with one attached hydrogen (secondary N) is 1. The summed E-state index contributed by atoms with van der Waals surface area (Å²) in [6.45, 7) is 3.61. The zero-order chi connectivity index (χ0) is 21.7. The second kappa shape index (κ2) is 9.96. The highest BCUT2D eigenvalue weighted by Gasteiger charge is 2.29. The van der Waals surface area contributed by atoms with Crippen LogP contribution < -0.4 is 16.0 Å². The van der Waals surface area contributed by atoms with E-state index in [1.165, 1.54) is 37.1 Å². The quantitative estimate of drug-likeness (QED) is 0.508. The summed E-state index contributed by atoms with van der Waals surface area (Å²) in [5, 5.41) is 23.7. The van der Waals surface area contributed by atoms with Gasteiger partial charge in [0.05, 0.1) is 11.7 Å². The van der Waals surface area contributed by atoms with Crippen molar-refractivity contribution in [1.29, 1.82) is 0 Å². The van der Waals surface area contributed by atoms with Gasteiger partial charge >= 0.3 is 0 Å². The first-order chi connectivity index (χ1) is 14.3. The number of hydrogen-bond acceptors (Lipinski definition) is 5. The van der Waals surface area contributed by atoms with E-state index in [1.54, 1.807) is 6.07 Å². The molecule has 0 spiro atoms. The number of anilines is 1. The minimum Gasteiger partial charge on any atom is -0.507 e. The smallest absolute Gasteiger partial charge is 0.252 e. The molecule has 2 aromatic rings. The molecule has 6 heteroatoms. The first-order valence-corrected chi connectivity index (χ1v) is 10.7. The van der Waals surface area contributed by atoms with E-state index in [4.69, 9.17) is 5.73 Å². The zero-order valence-electron chi connectivity index (χ0n) is 17.8. The maximum atomic E-state index is 11.4. The molecule has 4 atom stereocenters. The highest BCUT2D eigenvalue weighted by Crippen LogP contribution is 2.34. The Hall–Kier alpha value is -2.57. The number of amides is 1. The van der Waals surface area contributed by atoms with Crippen molar-refractivity contribution in [1.82, 2.24) is 5.32 Å². The maximum Gasteiger partial charge on any atom is 0.252 e. The Kier molecular flexibility index (Phi) is 7.34. The Morgan fingerprint density at radius 3 is 2.67 bits per heavy atom. The van der Waals surface area contributed by atoms with E-state index in [1.807, 2.05) is 6.07 Å². The lowest BCUT2D eigenvalue weighted by Crippen LogP contribution is -2.35. The number of aromatic hydroxyl groups is 1. The molecule has 30 heavy (non-hydrogen) atoms. The lowest BCUT2D eigenvalue weighted by molar-refractivity contribution is 0.0997. The number of aliphatic hydroxyl groups is 1. The standard InChI is InChI=1S/C24H33N3O3/c1-16(26-14-23(29)19-10-11-22(28)21(13-19)24(25)30)18-9-8-17(12-18)15-27(2)20-6-4-3-5-7-20/h3-7,10-11,13,16-18,23,26,28-29H,8-9,12,14-15H2,1-2H3,(H2,25,30)/t16?,17-,18+,23?/m1/s1. The Labute approximate surface area is 178 Å². The summed E-state index contributed by atoms with van der Waals surface area (Å²) in [4.78, 5) is 13.7. The van der Waals surface area contributed by atoms with Crippen LogP contribution in [0.3, 0.4) is 0 Å². The number of phenols is 1. The van der Waals surface area contributed by atoms with Gasteiger partial charge in [-0.2, -0.15) is 0 Å². The highest BCUT2D eigenvalue weighted by molar-refractivity contribution is 5.95. The molecule has 3 rings (SSSR count). The van der Waals surface area contributed by atoms with E-state index in [2.05, 4.69) is 48.5 Å². The first-order valence-electron chi connectivity index (χ1n) is 10.7. The molecule has 2 aromatic carbocycles. The van der Waals surface area contributed by atoms with E-state index in [0.717, 1.165) is 6.54 Å². The summed E-state index contributed by atoms with van der Waals surface area (Å²) < 4.78 is 0. The summed E-state index contributed by atoms with van der Waals surface area (Å²) in [7, 11) is 2.15. The lowest BCUT2D eigenvalue weighted by atomic mass is 9.97. The summed E-state index contributed by atoms with van der Waals surface area (Å²) in [6, 6.07) is 15.2. The predicted molar refractivity (Wildman–Crippen MR) is 120 cm³/mol. The number of rotatable bonds is 9. The zero-order valence-corrected chi connectivity index (χ0v) is 17.8. The maximum absolute atomic E-state index is 11.4. The molecule has 5 N–H and O–H groups in total. The minimum atomic E-state index is -0.771. The average Bonchev–Trinajstić information content (AvgIpc) is 3.21. The Bertz CT molecular complexity index is 843. The van der Waals surface area contributed by atoms with Gasteiger partial charge in [0, 0.05) is 31.9 Å². The summed E-state index contributed by atoms with van der Waals surface area (Å²) in [6.07, 6.45) is 2.80. The molecule has 1 aliphatic rings. The molecule has 0 aliphatic heterocycles. The van der Waals surface area contributed by atoms with E-state index < -0.39 is 12.0 Å². The molecule has 1 aliphatic carbocycles. The van der Waals surface area contributed by atoms with Crippen molar-refractivity contribution in [3.63, 3.8) is 0 Å². The van der Waals surface area contributed by atoms with E-state index in [0.29, 0.717) is 30.0 Å². The topological polar surface area (TPSA) is 98.8 Å². The van der Waals surface area contributed by atoms with Gasteiger partial charge in [-0.15, -0.1) is 0 Å². The van der Waals surface area contributed by atoms with Crippen LogP contribution in [0.2, 0.25) is 0 Å². The number of nitrogens with two attached hydrogens (primary N) is 1. The molecule has 1 amide bonds. The third-order valence-corrected chi connectivity index (χ3v) is 6.32. The fourth-order valence-corrected chi connectivity index (χ4v) is 4.45. The van der Waals surface area contributed by atoms with E-state index in [9.17, 15) is 15.0 Å². The van der Waals surface area contributed by atoms with Gasteiger partial charge in [0.15, 0.2) is 0 Å². The Morgan fingerprint density at radius 1 is 1.23 bits per heavy atom. The molecule has 0 radical (unpaired) electrons. The number of aliphatic hydroxyl groups excluding tert-OH is 1. The molecule has 2 unspecified atom stereocenters. The van der Waals surface area contributed by atoms with Crippen LogP contribution in [0.1, 0.15) is 48.2 Å². The van der Waals surface area contributed by atoms with Gasteiger partial charge in [0.25, 0.3) is 5.91 Å². The van der Waals surface area contributed by atoms with Crippen LogP contribution in [-0.4, -0.2) is 42.3 Å². The second-order valence-electron chi connectivity index (χ2n) is 8.51. The lowest BCUT2D eigenvalue weighted by Gasteiger charge is -2.25. The first kappa shape index (κ1) is 22.1. The van der Waals surface area contributed by atoms with Gasteiger partial charge in [-0.05, 0) is 67.9 Å². The van der Waals surface area contributed by atoms with E-state index >= 15 is 0 Å². The van der Waals surface area contributed by atoms with Crippen molar-refractivity contribution >= 4 is 11.6 Å². The highest BCUT2D eigenvalue weighted by atomic mass is 16.3. The number of carbonyl (C=O) groups is 1. The van der Waals surface area contributed by atoms with Gasteiger partial charge in [-0.3, -0.25) is 4.79 Å². The molecule has 1 fully saturated rings. The van der Waals surface area contributed by atoms with Crippen molar-refractivity contribution in [2.24, 2.45) is 17.6 Å². The number of nitrogens with zero attached hydrogens (tertiary/aromatic N) is 1. The van der Waals surface area contributed by atoms with Gasteiger partial charge < -0.3 is 26.2 Å². The molecular weight excluding hydrogens is 378 g/mol. The largest absolute Gasteiger partial charge is 0.507 e. The van der Waals surface area contributed by atoms with Gasteiger partial charge in [-0.1, -0.05) is 24.3 Å². The van der Waals surface area contributed by atoms with Gasteiger partial charge in [-0.25, -0.2) is 0 Å². The molecule has 6 nitrogen and oxygen atoms in total. The van der Waals surface area contributed by atoms with Crippen LogP contribution in [0.25, 0.3) is 0 Å². The van der Waals surface area contributed by atoms with Crippen LogP contribution in [0.5, 0.6) is 5.75 Å². The predicted octanol–water partition coefficient (Wildman–Crippen LogP) is 3.06. The van der Waals surface area contributed by atoms with Crippen LogP contribution in [0.15, 0.2) is 48.5 Å². The molecule has 0 bridgehead atoms. The average molecular weight is 412 g/mol. The van der Waals surface area contributed by atoms with Crippen LogP contribution >= 0.6 is 0 Å². The molecule has 162 valence electrons. The van der Waals surface area contributed by atoms with Crippen LogP contribution in [-0.2, 0) is 0 Å². The summed E-state index contributed by atoms with van der Waals surface area (Å²) in [5.74, 6) is 0.370. The number of primary amides is 1. The third kappa shape index (κ3) is 5.52. The fraction of sp³-hybridized carbons (Fsp3) is 0.458. The summed E-state index contributed by atoms with van der Waals surface area (Å²) in [5.41, 5.74) is 7.12. The van der Waals surface area contributed by atoms with Crippen molar-refractivity contribution < 1.29 is 15.0 Å². The minimum absolute atomic E-state index is 0.0285. The SMILES string of the molecule is CC(NCC(O)c1ccc(O)c(C(N)=O)c1)[C@H]1CC[C@@H](CN(C)c2ccccc2)C1. The molecular formula is C24H33N3O3. The van der Waals surface area contributed by atoms with Crippen molar-refractivity contribution in [2.45, 2.75) is 38.3 Å².